The van der Waals surface area contributed by atoms with Gasteiger partial charge in [0.15, 0.2) is 0 Å². The fourth-order valence-corrected chi connectivity index (χ4v) is 17.4. The summed E-state index contributed by atoms with van der Waals surface area (Å²) < 4.78 is 12.2. The predicted octanol–water partition coefficient (Wildman–Crippen LogP) is 24.0. The molecule has 0 amide bonds. The molecule has 6 nitrogen and oxygen atoms in total. The molecule has 14 aromatic carbocycles. The van der Waals surface area contributed by atoms with Crippen LogP contribution in [0.1, 0.15) is 5.56 Å². The highest BCUT2D eigenvalue weighted by Gasteiger charge is 2.37. The van der Waals surface area contributed by atoms with Crippen LogP contribution in [0, 0.1) is 11.3 Å². The molecule has 0 aliphatic rings. The van der Waals surface area contributed by atoms with E-state index in [0.29, 0.717) is 5.56 Å². The minimum absolute atomic E-state index is 0.496. The largest absolute Gasteiger partial charge is 0.306 e. The number of para-hydroxylation sites is 4. The van der Waals surface area contributed by atoms with Crippen LogP contribution in [-0.4, -0.2) is 23.3 Å². The van der Waals surface area contributed by atoms with Crippen molar-refractivity contribution in [3.8, 4) is 84.5 Å². The molecule has 0 N–H and O–H groups in total. The molecule has 0 aliphatic heterocycles. The molecular formula is C90H54N6S. The van der Waals surface area contributed by atoms with E-state index in [9.17, 15) is 5.26 Å². The quantitative estimate of drug-likeness (QED) is 0.145. The normalized spacial score (nSPS) is 11.9. The molecule has 0 radical (unpaired) electrons. The van der Waals surface area contributed by atoms with Gasteiger partial charge in [0.1, 0.15) is 11.6 Å². The maximum atomic E-state index is 13.7. The van der Waals surface area contributed by atoms with Crippen molar-refractivity contribution in [2.24, 2.45) is 0 Å². The van der Waals surface area contributed by atoms with Crippen LogP contribution in [0.2, 0.25) is 0 Å². The first-order valence-electron chi connectivity index (χ1n) is 32.9. The van der Waals surface area contributed by atoms with Crippen LogP contribution in [0.3, 0.4) is 0 Å². The number of nitrogens with zero attached hydrogens (tertiary/aromatic N) is 6. The highest BCUT2D eigenvalue weighted by molar-refractivity contribution is 7.25. The maximum absolute atomic E-state index is 13.7. The summed E-state index contributed by atoms with van der Waals surface area (Å²) >= 11 is 1.77. The second kappa shape index (κ2) is 21.6. The van der Waals surface area contributed by atoms with E-state index in [4.69, 9.17) is 4.98 Å². The van der Waals surface area contributed by atoms with Gasteiger partial charge in [-0.15, -0.1) is 11.3 Å². The first-order chi connectivity index (χ1) is 48.2. The molecule has 20 rings (SSSR count). The number of hydrogen-bond acceptors (Lipinski definition) is 3. The topological polar surface area (TPSA) is 56.4 Å². The summed E-state index contributed by atoms with van der Waals surface area (Å²) in [7, 11) is 0. The lowest BCUT2D eigenvalue weighted by molar-refractivity contribution is 1.04. The molecule has 0 atom stereocenters. The summed E-state index contributed by atoms with van der Waals surface area (Å²) in [6.07, 6.45) is 3.95. The van der Waals surface area contributed by atoms with Gasteiger partial charge >= 0.3 is 0 Å². The van der Waals surface area contributed by atoms with Gasteiger partial charge in [0.25, 0.3) is 0 Å². The first-order valence-corrected chi connectivity index (χ1v) is 33.7. The van der Waals surface area contributed by atoms with E-state index < -0.39 is 0 Å². The fraction of sp³-hybridized carbons (Fsp3) is 0. The van der Waals surface area contributed by atoms with E-state index in [1.807, 2.05) is 12.4 Å². The average molecular weight is 1250 g/mol. The Kier molecular flexibility index (Phi) is 12.2. The summed E-state index contributed by atoms with van der Waals surface area (Å²) in [6, 6.07) is 118. The summed E-state index contributed by atoms with van der Waals surface area (Å²) in [5, 5.41) is 24.6. The molecule has 450 valence electrons. The minimum atomic E-state index is 0.496. The Morgan fingerprint density at radius 2 is 0.567 bits per heavy atom. The zero-order valence-electron chi connectivity index (χ0n) is 52.3. The number of pyridine rings is 1. The van der Waals surface area contributed by atoms with Gasteiger partial charge in [-0.05, 0) is 111 Å². The van der Waals surface area contributed by atoms with E-state index in [-0.39, 0.29) is 0 Å². The standard InChI is InChI=1S/C90H54N6S/c91-54-70-87(93-71-43-17-13-34-64(71)81-60(38-21-47-75(81)93)56-26-5-1-6-27-56)89(95-73-45-19-15-36-66(73)83-62(40-23-49-77(83)95)58-30-9-3-10-31-58)86(69-42-25-51-79-85(69)68-52-53-92-55-80(68)97-79)90(96-74-46-20-16-37-67(74)84-63(41-24-50-78(84)96)59-32-11-4-12-33-59)88(70)94-72-44-18-14-35-65(72)82-61(39-22-48-76(82)94)57-28-7-2-8-29-57/h1-53,55H. The van der Waals surface area contributed by atoms with Crippen LogP contribution in [0.15, 0.2) is 328 Å². The third-order valence-electron chi connectivity index (χ3n) is 20.1. The van der Waals surface area contributed by atoms with Crippen LogP contribution in [0.5, 0.6) is 0 Å². The van der Waals surface area contributed by atoms with Crippen molar-refractivity contribution < 1.29 is 0 Å². The van der Waals surface area contributed by atoms with Gasteiger partial charge in [-0.3, -0.25) is 4.98 Å². The Morgan fingerprint density at radius 3 is 0.928 bits per heavy atom. The number of fused-ring (bicyclic) bond motifs is 15. The van der Waals surface area contributed by atoms with Gasteiger partial charge in [0.05, 0.1) is 71.6 Å². The molecule has 0 unspecified atom stereocenters. The highest BCUT2D eigenvalue weighted by atomic mass is 32.1. The van der Waals surface area contributed by atoms with Crippen LogP contribution in [0.25, 0.3) is 186 Å². The molecule has 0 spiro atoms. The Balaban J connectivity index is 1.13. The Hall–Kier alpha value is -12.9. The minimum Gasteiger partial charge on any atom is -0.306 e. The number of rotatable bonds is 9. The van der Waals surface area contributed by atoms with E-state index in [1.165, 1.54) is 0 Å². The van der Waals surface area contributed by atoms with Crippen molar-refractivity contribution in [2.75, 3.05) is 0 Å². The van der Waals surface area contributed by atoms with Gasteiger partial charge in [-0.1, -0.05) is 255 Å². The molecule has 6 aromatic heterocycles. The molecule has 7 heteroatoms. The lowest BCUT2D eigenvalue weighted by Gasteiger charge is -2.29. The summed E-state index contributed by atoms with van der Waals surface area (Å²) in [4.78, 5) is 4.78. The number of thiophene rings is 1. The van der Waals surface area contributed by atoms with Crippen molar-refractivity contribution in [2.45, 2.75) is 0 Å². The summed E-state index contributed by atoms with van der Waals surface area (Å²) in [5.41, 5.74) is 22.4. The molecule has 0 bridgehead atoms. The molecule has 6 heterocycles. The number of nitriles is 1. The van der Waals surface area contributed by atoms with E-state index in [2.05, 4.69) is 340 Å². The zero-order chi connectivity index (χ0) is 63.8. The maximum Gasteiger partial charge on any atom is 0.104 e. The SMILES string of the molecule is N#Cc1c(-n2c3ccccc3c3c(-c4ccccc4)cccc32)c(-n2c3ccccc3c3c(-c4ccccc4)cccc32)c(-c2cccc3sc4cnccc4c23)c(-n2c3ccccc3c3c(-c4ccccc4)cccc32)c1-n1c2ccccc2c2c(-c3ccccc3)cccc21. The van der Waals surface area contributed by atoms with Gasteiger partial charge in [0.2, 0.25) is 0 Å². The van der Waals surface area contributed by atoms with Gasteiger partial charge in [-0.2, -0.15) is 5.26 Å². The summed E-state index contributed by atoms with van der Waals surface area (Å²) in [5.74, 6) is 0. The van der Waals surface area contributed by atoms with E-state index in [0.717, 1.165) is 186 Å². The van der Waals surface area contributed by atoms with Crippen molar-refractivity contribution in [1.82, 2.24) is 23.3 Å². The fourth-order valence-electron chi connectivity index (χ4n) is 16.3. The van der Waals surface area contributed by atoms with Crippen molar-refractivity contribution in [3.05, 3.63) is 333 Å². The molecule has 0 saturated heterocycles. The average Bonchev–Trinajstić information content (AvgIpc) is 1.57. The molecule has 97 heavy (non-hydrogen) atoms. The number of aromatic nitrogens is 5. The van der Waals surface area contributed by atoms with Crippen molar-refractivity contribution in [1.29, 1.82) is 5.26 Å². The van der Waals surface area contributed by atoms with Crippen LogP contribution in [-0.2, 0) is 0 Å². The first kappa shape index (κ1) is 54.7. The van der Waals surface area contributed by atoms with E-state index >= 15 is 0 Å². The number of benzene rings is 14. The predicted molar refractivity (Wildman–Crippen MR) is 406 cm³/mol. The lowest BCUT2D eigenvalue weighted by Crippen LogP contribution is -2.16. The number of hydrogen-bond donors (Lipinski definition) is 0. The van der Waals surface area contributed by atoms with E-state index in [1.54, 1.807) is 11.3 Å². The Morgan fingerprint density at radius 1 is 0.258 bits per heavy atom. The Labute approximate surface area is 561 Å². The molecule has 0 aliphatic carbocycles. The van der Waals surface area contributed by atoms with Crippen molar-refractivity contribution >= 4 is 119 Å². The lowest BCUT2D eigenvalue weighted by atomic mass is 9.91. The van der Waals surface area contributed by atoms with Crippen molar-refractivity contribution in [3.63, 3.8) is 0 Å². The third kappa shape index (κ3) is 7.97. The second-order valence-corrected chi connectivity index (χ2v) is 26.2. The molecule has 0 fully saturated rings. The zero-order valence-corrected chi connectivity index (χ0v) is 53.1. The third-order valence-corrected chi connectivity index (χ3v) is 21.2. The molecule has 20 aromatic rings. The second-order valence-electron chi connectivity index (χ2n) is 25.1. The van der Waals surface area contributed by atoms with Gasteiger partial charge in [0, 0.05) is 76.5 Å². The molecular weight excluding hydrogens is 1200 g/mol. The smallest absolute Gasteiger partial charge is 0.104 e. The molecule has 0 saturated carbocycles. The monoisotopic (exact) mass is 1250 g/mol. The summed E-state index contributed by atoms with van der Waals surface area (Å²) in [6.45, 7) is 0. The van der Waals surface area contributed by atoms with Crippen LogP contribution >= 0.6 is 11.3 Å². The highest BCUT2D eigenvalue weighted by Crippen LogP contribution is 2.56. The van der Waals surface area contributed by atoms with Gasteiger partial charge in [-0.25, -0.2) is 0 Å². The van der Waals surface area contributed by atoms with Crippen LogP contribution in [0.4, 0.5) is 0 Å². The van der Waals surface area contributed by atoms with Crippen LogP contribution < -0.4 is 0 Å². The van der Waals surface area contributed by atoms with Gasteiger partial charge < -0.3 is 18.3 Å². The Bertz CT molecular complexity index is 6340.